The molecule has 0 saturated carbocycles. The van der Waals surface area contributed by atoms with Gasteiger partial charge in [0.1, 0.15) is 24.4 Å². The molecule has 0 bridgehead atoms. The Hall–Kier alpha value is -2.63. The molecule has 7 unspecified atom stereocenters. The smallest absolute Gasteiger partial charge is 0.220 e. The minimum atomic E-state index is -1.58. The first-order chi connectivity index (χ1) is 32.3. The van der Waals surface area contributed by atoms with E-state index in [0.717, 1.165) is 83.5 Å². The molecule has 0 aromatic carbocycles. The molecule has 1 fully saturated rings. The largest absolute Gasteiger partial charge is 0.394 e. The van der Waals surface area contributed by atoms with Crippen LogP contribution >= 0.6 is 0 Å². The van der Waals surface area contributed by atoms with E-state index in [0.29, 0.717) is 6.42 Å². The third-order valence-corrected chi connectivity index (χ3v) is 12.2. The van der Waals surface area contributed by atoms with Crippen LogP contribution in [0.5, 0.6) is 0 Å². The number of ether oxygens (including phenoxy) is 2. The van der Waals surface area contributed by atoms with Crippen LogP contribution < -0.4 is 5.32 Å². The van der Waals surface area contributed by atoms with Crippen LogP contribution in [-0.2, 0) is 14.3 Å². The molecule has 9 heteroatoms. The first-order valence-electron chi connectivity index (χ1n) is 26.8. The van der Waals surface area contributed by atoms with Crippen molar-refractivity contribution >= 4 is 5.91 Å². The summed E-state index contributed by atoms with van der Waals surface area (Å²) in [6, 6.07) is -0.838. The molecule has 0 spiro atoms. The van der Waals surface area contributed by atoms with Gasteiger partial charge in [0, 0.05) is 6.42 Å². The molecule has 1 aliphatic heterocycles. The summed E-state index contributed by atoms with van der Waals surface area (Å²) in [5, 5.41) is 54.4. The fourth-order valence-corrected chi connectivity index (χ4v) is 7.94. The number of hydrogen-bond donors (Lipinski definition) is 6. The van der Waals surface area contributed by atoms with Gasteiger partial charge >= 0.3 is 0 Å². The SMILES string of the molecule is CC/C=C\C/C=C\C/C=C\C/C=C\CCCCCCCCCCC(=O)NC(COC1OC(CO)C(O)C(O)C1O)C(O)/C=C/CC/C=C/CC/C=C/CCCCCCCCCCCCCC. The summed E-state index contributed by atoms with van der Waals surface area (Å²) in [6.45, 7) is 3.64. The number of carbonyl (C=O) groups excluding carboxylic acids is 1. The minimum absolute atomic E-state index is 0.202. The highest BCUT2D eigenvalue weighted by Crippen LogP contribution is 2.23. The van der Waals surface area contributed by atoms with Gasteiger partial charge in [-0.05, 0) is 83.5 Å². The van der Waals surface area contributed by atoms with E-state index in [-0.39, 0.29) is 12.5 Å². The molecule has 1 aliphatic rings. The van der Waals surface area contributed by atoms with E-state index in [1.807, 2.05) is 6.08 Å². The number of nitrogens with one attached hydrogen (secondary N) is 1. The summed E-state index contributed by atoms with van der Waals surface area (Å²) in [7, 11) is 0. The predicted octanol–water partition coefficient (Wildman–Crippen LogP) is 12.7. The Morgan fingerprint density at radius 2 is 0.955 bits per heavy atom. The van der Waals surface area contributed by atoms with Crippen LogP contribution in [0.3, 0.4) is 0 Å². The fraction of sp³-hybridized carbons (Fsp3) is 0.737. The number of hydrogen-bond acceptors (Lipinski definition) is 8. The standard InChI is InChI=1S/C57H99NO8/c1-3-5-7-9-11-13-15-17-19-21-23-25-27-28-30-32-34-36-38-40-42-44-46-51(60)50(49-65-57-56(64)55(63)54(62)52(48-59)66-57)58-53(61)47-45-43-41-39-37-35-33-31-29-26-24-22-20-18-16-14-12-10-8-6-4-2/h6,8,12,14,18,20,24,26,28,30,36,38,44,46,50-52,54-57,59-60,62-64H,3-5,7,9-11,13,15-17,19,21-23,25,27,29,31-35,37,39-43,45,47-49H2,1-2H3,(H,58,61)/b8-6-,14-12-,20-18-,26-24-,30-28+,38-36+,46-44+. The molecule has 1 saturated heterocycles. The van der Waals surface area contributed by atoms with E-state index in [2.05, 4.69) is 92.1 Å². The Bertz CT molecular complexity index is 1300. The third-order valence-electron chi connectivity index (χ3n) is 12.2. The zero-order chi connectivity index (χ0) is 48.0. The van der Waals surface area contributed by atoms with Crippen LogP contribution in [0.25, 0.3) is 0 Å². The maximum atomic E-state index is 13.0. The average molecular weight is 926 g/mol. The zero-order valence-corrected chi connectivity index (χ0v) is 41.9. The Kier molecular flexibility index (Phi) is 42.9. The zero-order valence-electron chi connectivity index (χ0n) is 41.9. The number of rotatable bonds is 44. The van der Waals surface area contributed by atoms with E-state index in [4.69, 9.17) is 9.47 Å². The number of aliphatic hydroxyl groups is 5. The first-order valence-corrected chi connectivity index (χ1v) is 26.8. The van der Waals surface area contributed by atoms with Gasteiger partial charge in [-0.1, -0.05) is 208 Å². The molecule has 1 rings (SSSR count). The highest BCUT2D eigenvalue weighted by atomic mass is 16.7. The number of aliphatic hydroxyl groups excluding tert-OH is 5. The Labute approximate surface area is 403 Å². The topological polar surface area (TPSA) is 149 Å². The van der Waals surface area contributed by atoms with Crippen molar-refractivity contribution in [3.05, 3.63) is 85.1 Å². The lowest BCUT2D eigenvalue weighted by Crippen LogP contribution is -2.60. The van der Waals surface area contributed by atoms with Gasteiger partial charge in [-0.15, -0.1) is 0 Å². The summed E-state index contributed by atoms with van der Waals surface area (Å²) < 4.78 is 11.2. The van der Waals surface area contributed by atoms with E-state index < -0.39 is 49.5 Å². The molecule has 7 atom stereocenters. The summed E-state index contributed by atoms with van der Waals surface area (Å²) in [6.07, 6.45) is 57.8. The maximum absolute atomic E-state index is 13.0. The molecule has 9 nitrogen and oxygen atoms in total. The molecule has 0 radical (unpaired) electrons. The van der Waals surface area contributed by atoms with Gasteiger partial charge in [0.25, 0.3) is 0 Å². The van der Waals surface area contributed by atoms with E-state index in [9.17, 15) is 30.3 Å². The molecule has 0 aliphatic carbocycles. The molecular formula is C57H99NO8. The average Bonchev–Trinajstić information content (AvgIpc) is 3.32. The summed E-state index contributed by atoms with van der Waals surface area (Å²) in [4.78, 5) is 13.0. The minimum Gasteiger partial charge on any atom is -0.394 e. The molecule has 1 amide bonds. The Balaban J connectivity index is 2.33. The monoisotopic (exact) mass is 926 g/mol. The van der Waals surface area contributed by atoms with E-state index in [1.165, 1.54) is 109 Å². The fourth-order valence-electron chi connectivity index (χ4n) is 7.94. The normalized spacial score (nSPS) is 20.5. The van der Waals surface area contributed by atoms with Crippen molar-refractivity contribution in [1.82, 2.24) is 5.32 Å². The number of carbonyl (C=O) groups is 1. The molecule has 0 aromatic heterocycles. The van der Waals surface area contributed by atoms with Crippen molar-refractivity contribution in [2.24, 2.45) is 0 Å². The van der Waals surface area contributed by atoms with E-state index >= 15 is 0 Å². The van der Waals surface area contributed by atoms with Gasteiger partial charge in [-0.3, -0.25) is 4.79 Å². The van der Waals surface area contributed by atoms with Crippen LogP contribution in [0.4, 0.5) is 0 Å². The maximum Gasteiger partial charge on any atom is 0.220 e. The number of amides is 1. The van der Waals surface area contributed by atoms with Gasteiger partial charge in [-0.25, -0.2) is 0 Å². The first kappa shape index (κ1) is 61.4. The number of allylic oxidation sites excluding steroid dienone is 13. The predicted molar refractivity (Wildman–Crippen MR) is 276 cm³/mol. The number of unbranched alkanes of at least 4 members (excludes halogenated alkanes) is 22. The van der Waals surface area contributed by atoms with Crippen molar-refractivity contribution in [3.8, 4) is 0 Å². The Morgan fingerprint density at radius 1 is 0.530 bits per heavy atom. The molecule has 6 N–H and O–H groups in total. The molecule has 380 valence electrons. The van der Waals surface area contributed by atoms with Gasteiger partial charge in [0.15, 0.2) is 6.29 Å². The highest BCUT2D eigenvalue weighted by molar-refractivity contribution is 5.76. The van der Waals surface area contributed by atoms with Crippen LogP contribution in [0.2, 0.25) is 0 Å². The molecular weight excluding hydrogens is 827 g/mol. The van der Waals surface area contributed by atoms with Crippen molar-refractivity contribution in [1.29, 1.82) is 0 Å². The van der Waals surface area contributed by atoms with Crippen LogP contribution in [0.15, 0.2) is 85.1 Å². The van der Waals surface area contributed by atoms with Crippen LogP contribution in [0, 0.1) is 0 Å². The second kappa shape index (κ2) is 46.1. The lowest BCUT2D eigenvalue weighted by atomic mass is 9.99. The lowest BCUT2D eigenvalue weighted by Gasteiger charge is -2.40. The Morgan fingerprint density at radius 3 is 1.45 bits per heavy atom. The summed E-state index contributed by atoms with van der Waals surface area (Å²) in [5.41, 5.74) is 0. The summed E-state index contributed by atoms with van der Waals surface area (Å²) in [5.74, 6) is -0.202. The quantitative estimate of drug-likeness (QED) is 0.0261. The van der Waals surface area contributed by atoms with Crippen LogP contribution in [0.1, 0.15) is 213 Å². The third kappa shape index (κ3) is 35.5. The molecule has 66 heavy (non-hydrogen) atoms. The second-order valence-corrected chi connectivity index (χ2v) is 18.3. The lowest BCUT2D eigenvalue weighted by molar-refractivity contribution is -0.302. The summed E-state index contributed by atoms with van der Waals surface area (Å²) >= 11 is 0. The second-order valence-electron chi connectivity index (χ2n) is 18.3. The van der Waals surface area contributed by atoms with Crippen molar-refractivity contribution in [2.75, 3.05) is 13.2 Å². The van der Waals surface area contributed by atoms with Gasteiger partial charge in [0.05, 0.1) is 25.4 Å². The highest BCUT2D eigenvalue weighted by Gasteiger charge is 2.44. The van der Waals surface area contributed by atoms with Crippen molar-refractivity contribution < 1.29 is 39.8 Å². The molecule has 1 heterocycles. The van der Waals surface area contributed by atoms with Gasteiger partial charge < -0.3 is 40.3 Å². The van der Waals surface area contributed by atoms with Crippen molar-refractivity contribution in [2.45, 2.75) is 256 Å². The molecule has 0 aromatic rings. The van der Waals surface area contributed by atoms with E-state index in [1.54, 1.807) is 6.08 Å². The van der Waals surface area contributed by atoms with Crippen molar-refractivity contribution in [3.63, 3.8) is 0 Å². The van der Waals surface area contributed by atoms with Crippen LogP contribution in [-0.4, -0.2) is 87.5 Å². The van der Waals surface area contributed by atoms with Gasteiger partial charge in [0.2, 0.25) is 5.91 Å². The van der Waals surface area contributed by atoms with Gasteiger partial charge in [-0.2, -0.15) is 0 Å².